The highest BCUT2D eigenvalue weighted by Crippen LogP contribution is 2.33. The van der Waals surface area contributed by atoms with Crippen molar-refractivity contribution in [1.82, 2.24) is 0 Å². The van der Waals surface area contributed by atoms with Crippen LogP contribution in [0.25, 0.3) is 0 Å². The summed E-state index contributed by atoms with van der Waals surface area (Å²) in [7, 11) is 1.70. The van der Waals surface area contributed by atoms with Gasteiger partial charge in [0.1, 0.15) is 5.75 Å². The quantitative estimate of drug-likeness (QED) is 0.857. The van der Waals surface area contributed by atoms with E-state index >= 15 is 0 Å². The number of ether oxygens (including phenoxy) is 1. The van der Waals surface area contributed by atoms with Gasteiger partial charge in [0.25, 0.3) is 0 Å². The number of nitrogens with two attached hydrogens (primary N) is 1. The maximum atomic E-state index is 6.13. The van der Waals surface area contributed by atoms with E-state index in [0.29, 0.717) is 0 Å². The Morgan fingerprint density at radius 1 is 1.19 bits per heavy atom. The van der Waals surface area contributed by atoms with Crippen LogP contribution in [0.3, 0.4) is 0 Å². The van der Waals surface area contributed by atoms with Crippen molar-refractivity contribution in [3.63, 3.8) is 0 Å². The molecule has 1 unspecified atom stereocenters. The molecule has 2 aromatic rings. The second-order valence-electron chi connectivity index (χ2n) is 5.26. The van der Waals surface area contributed by atoms with E-state index in [1.54, 1.807) is 18.9 Å². The van der Waals surface area contributed by atoms with Crippen molar-refractivity contribution in [3.05, 3.63) is 53.6 Å². The largest absolute Gasteiger partial charge is 0.497 e. The normalized spacial score (nSPS) is 12.2. The lowest BCUT2D eigenvalue weighted by Gasteiger charge is -2.14. The third-order valence-corrected chi connectivity index (χ3v) is 4.60. The minimum Gasteiger partial charge on any atom is -0.497 e. The molecule has 2 nitrogen and oxygen atoms in total. The van der Waals surface area contributed by atoms with Crippen LogP contribution >= 0.6 is 11.8 Å². The van der Waals surface area contributed by atoms with Crippen LogP contribution in [0.15, 0.2) is 52.3 Å². The zero-order valence-corrected chi connectivity index (χ0v) is 13.7. The third-order valence-electron chi connectivity index (χ3n) is 3.49. The summed E-state index contributed by atoms with van der Waals surface area (Å²) in [6.07, 6.45) is 1.92. The van der Waals surface area contributed by atoms with Gasteiger partial charge < -0.3 is 10.5 Å². The van der Waals surface area contributed by atoms with Gasteiger partial charge >= 0.3 is 0 Å². The van der Waals surface area contributed by atoms with Crippen LogP contribution in [0, 0.1) is 6.92 Å². The Bertz CT molecular complexity index is 598. The van der Waals surface area contributed by atoms with Crippen molar-refractivity contribution < 1.29 is 4.74 Å². The average Bonchev–Trinajstić information content (AvgIpc) is 2.50. The van der Waals surface area contributed by atoms with E-state index in [-0.39, 0.29) is 6.04 Å². The highest BCUT2D eigenvalue weighted by molar-refractivity contribution is 7.99. The first kappa shape index (κ1) is 15.9. The van der Waals surface area contributed by atoms with E-state index < -0.39 is 0 Å². The predicted molar refractivity (Wildman–Crippen MR) is 90.3 cm³/mol. The van der Waals surface area contributed by atoms with Crippen LogP contribution in [0.4, 0.5) is 0 Å². The van der Waals surface area contributed by atoms with Crippen molar-refractivity contribution in [2.75, 3.05) is 7.11 Å². The van der Waals surface area contributed by atoms with Crippen molar-refractivity contribution in [2.45, 2.75) is 42.5 Å². The maximum Gasteiger partial charge on any atom is 0.119 e. The summed E-state index contributed by atoms with van der Waals surface area (Å²) in [6, 6.07) is 15.0. The molecule has 0 radical (unpaired) electrons. The average molecular weight is 301 g/mol. The second-order valence-corrected chi connectivity index (χ2v) is 6.38. The van der Waals surface area contributed by atoms with E-state index in [1.807, 2.05) is 12.1 Å². The standard InChI is InChI=1S/C18H23NOS/c1-4-15(19)11-14-10-13(2)8-9-18(14)21-17-7-5-6-16(12-17)20-3/h5-10,12,15H,4,11,19H2,1-3H3. The molecule has 0 heterocycles. The summed E-state index contributed by atoms with van der Waals surface area (Å²) in [5.74, 6) is 0.888. The molecule has 0 bridgehead atoms. The number of hydrogen-bond donors (Lipinski definition) is 1. The van der Waals surface area contributed by atoms with Gasteiger partial charge in [-0.25, -0.2) is 0 Å². The fourth-order valence-corrected chi connectivity index (χ4v) is 3.17. The van der Waals surface area contributed by atoms with Crippen LogP contribution in [-0.4, -0.2) is 13.2 Å². The summed E-state index contributed by atoms with van der Waals surface area (Å²) in [5.41, 5.74) is 8.75. The Kier molecular flexibility index (Phi) is 5.71. The van der Waals surface area contributed by atoms with E-state index in [4.69, 9.17) is 10.5 Å². The number of benzene rings is 2. The van der Waals surface area contributed by atoms with Crippen molar-refractivity contribution >= 4 is 11.8 Å². The van der Waals surface area contributed by atoms with Crippen LogP contribution in [0.1, 0.15) is 24.5 Å². The molecular weight excluding hydrogens is 278 g/mol. The fraction of sp³-hybridized carbons (Fsp3) is 0.333. The summed E-state index contributed by atoms with van der Waals surface area (Å²) < 4.78 is 5.29. The van der Waals surface area contributed by atoms with Crippen molar-refractivity contribution in [3.8, 4) is 5.75 Å². The van der Waals surface area contributed by atoms with Gasteiger partial charge in [-0.15, -0.1) is 0 Å². The molecule has 0 saturated carbocycles. The summed E-state index contributed by atoms with van der Waals surface area (Å²) in [6.45, 7) is 4.26. The number of hydrogen-bond acceptors (Lipinski definition) is 3. The molecule has 0 aromatic heterocycles. The Hall–Kier alpha value is -1.45. The summed E-state index contributed by atoms with van der Waals surface area (Å²) >= 11 is 1.77. The highest BCUT2D eigenvalue weighted by Gasteiger charge is 2.09. The monoisotopic (exact) mass is 301 g/mol. The van der Waals surface area contributed by atoms with Crippen LogP contribution in [0.5, 0.6) is 5.75 Å². The predicted octanol–water partition coefficient (Wildman–Crippen LogP) is 4.43. The first-order chi connectivity index (χ1) is 10.1. The molecule has 3 heteroatoms. The molecule has 21 heavy (non-hydrogen) atoms. The molecule has 0 fully saturated rings. The molecule has 0 aliphatic carbocycles. The lowest BCUT2D eigenvalue weighted by Crippen LogP contribution is -2.21. The van der Waals surface area contributed by atoms with Gasteiger partial charge in [-0.1, -0.05) is 42.4 Å². The van der Waals surface area contributed by atoms with E-state index in [2.05, 4.69) is 44.2 Å². The lowest BCUT2D eigenvalue weighted by atomic mass is 10.0. The Morgan fingerprint density at radius 3 is 2.71 bits per heavy atom. The molecule has 2 aromatic carbocycles. The van der Waals surface area contributed by atoms with Crippen LogP contribution in [-0.2, 0) is 6.42 Å². The first-order valence-electron chi connectivity index (χ1n) is 7.29. The maximum absolute atomic E-state index is 6.13. The SMILES string of the molecule is CCC(N)Cc1cc(C)ccc1Sc1cccc(OC)c1. The molecule has 0 aliphatic heterocycles. The lowest BCUT2D eigenvalue weighted by molar-refractivity contribution is 0.413. The molecule has 0 saturated heterocycles. The fourth-order valence-electron chi connectivity index (χ4n) is 2.19. The molecule has 2 N–H and O–H groups in total. The molecule has 0 aliphatic rings. The van der Waals surface area contributed by atoms with Crippen LogP contribution < -0.4 is 10.5 Å². The zero-order chi connectivity index (χ0) is 15.2. The molecule has 0 spiro atoms. The molecule has 0 amide bonds. The minimum absolute atomic E-state index is 0.219. The van der Waals surface area contributed by atoms with Crippen molar-refractivity contribution in [1.29, 1.82) is 0 Å². The summed E-state index contributed by atoms with van der Waals surface area (Å²) in [5, 5.41) is 0. The highest BCUT2D eigenvalue weighted by atomic mass is 32.2. The second kappa shape index (κ2) is 7.53. The third kappa shape index (κ3) is 4.51. The molecule has 2 rings (SSSR count). The smallest absolute Gasteiger partial charge is 0.119 e. The van der Waals surface area contributed by atoms with E-state index in [1.165, 1.54) is 20.9 Å². The molecular formula is C18H23NOS. The Labute approximate surface area is 131 Å². The van der Waals surface area contributed by atoms with Gasteiger partial charge in [0.15, 0.2) is 0 Å². The van der Waals surface area contributed by atoms with Gasteiger partial charge in [0, 0.05) is 15.8 Å². The van der Waals surface area contributed by atoms with E-state index in [0.717, 1.165) is 18.6 Å². The van der Waals surface area contributed by atoms with Crippen molar-refractivity contribution in [2.24, 2.45) is 5.73 Å². The Morgan fingerprint density at radius 2 is 2.00 bits per heavy atom. The Balaban J connectivity index is 2.25. The van der Waals surface area contributed by atoms with Crippen LogP contribution in [0.2, 0.25) is 0 Å². The topological polar surface area (TPSA) is 35.2 Å². The number of methoxy groups -OCH3 is 1. The van der Waals surface area contributed by atoms with Gasteiger partial charge in [-0.05, 0) is 49.6 Å². The number of aryl methyl sites for hydroxylation is 1. The summed E-state index contributed by atoms with van der Waals surface area (Å²) in [4.78, 5) is 2.46. The van der Waals surface area contributed by atoms with Gasteiger partial charge in [-0.3, -0.25) is 0 Å². The van der Waals surface area contributed by atoms with Gasteiger partial charge in [0.2, 0.25) is 0 Å². The first-order valence-corrected chi connectivity index (χ1v) is 8.11. The van der Waals surface area contributed by atoms with E-state index in [9.17, 15) is 0 Å². The molecule has 1 atom stereocenters. The van der Waals surface area contributed by atoms with Gasteiger partial charge in [-0.2, -0.15) is 0 Å². The number of rotatable bonds is 6. The molecule has 112 valence electrons. The minimum atomic E-state index is 0.219. The van der Waals surface area contributed by atoms with Gasteiger partial charge in [0.05, 0.1) is 7.11 Å². The zero-order valence-electron chi connectivity index (χ0n) is 12.9.